The number of benzene rings is 3. The van der Waals surface area contributed by atoms with E-state index in [2.05, 4.69) is 30.8 Å². The SMILES string of the molecule is CC(C)(C)Nc1nn(C(=O)c2ccc(C(=O)n3nc(NC(C)(C)C)sc3=Nc3ccccc3)cc2)c(=Nc2ccccc2)s1. The van der Waals surface area contributed by atoms with Crippen LogP contribution in [0.3, 0.4) is 0 Å². The average Bonchev–Trinajstić information content (AvgIpc) is 3.54. The minimum Gasteiger partial charge on any atom is -0.355 e. The Morgan fingerprint density at radius 3 is 1.25 bits per heavy atom. The van der Waals surface area contributed by atoms with Gasteiger partial charge in [0.15, 0.2) is 0 Å². The molecule has 12 heteroatoms. The fraction of sp³-hybridized carbons (Fsp3) is 0.250. The summed E-state index contributed by atoms with van der Waals surface area (Å²) >= 11 is 2.58. The molecule has 3 aromatic carbocycles. The molecule has 5 rings (SSSR count). The molecule has 2 aromatic heterocycles. The Kier molecular flexibility index (Phi) is 8.75. The first-order valence-electron chi connectivity index (χ1n) is 14.0. The van der Waals surface area contributed by atoms with Gasteiger partial charge >= 0.3 is 0 Å². The highest BCUT2D eigenvalue weighted by molar-refractivity contribution is 7.13. The van der Waals surface area contributed by atoms with Crippen molar-refractivity contribution in [3.63, 3.8) is 0 Å². The topological polar surface area (TPSA) is 119 Å². The minimum absolute atomic E-state index is 0.258. The van der Waals surface area contributed by atoms with Gasteiger partial charge in [-0.15, -0.1) is 10.2 Å². The Morgan fingerprint density at radius 2 is 0.932 bits per heavy atom. The quantitative estimate of drug-likeness (QED) is 0.223. The fourth-order valence-electron chi connectivity index (χ4n) is 3.94. The number of nitrogens with one attached hydrogen (secondary N) is 2. The first-order valence-corrected chi connectivity index (χ1v) is 15.6. The highest BCUT2D eigenvalue weighted by atomic mass is 32.1. The van der Waals surface area contributed by atoms with Gasteiger partial charge in [-0.05, 0) is 90.1 Å². The summed E-state index contributed by atoms with van der Waals surface area (Å²) in [7, 11) is 0. The van der Waals surface area contributed by atoms with Crippen molar-refractivity contribution in [2.45, 2.75) is 52.6 Å². The van der Waals surface area contributed by atoms with Gasteiger partial charge in [-0.2, -0.15) is 9.36 Å². The molecule has 10 nitrogen and oxygen atoms in total. The molecule has 0 aliphatic heterocycles. The Morgan fingerprint density at radius 1 is 0.591 bits per heavy atom. The molecule has 2 N–H and O–H groups in total. The van der Waals surface area contributed by atoms with E-state index in [1.54, 1.807) is 24.3 Å². The fourth-order valence-corrected chi connectivity index (χ4v) is 5.97. The highest BCUT2D eigenvalue weighted by Gasteiger charge is 2.21. The molecule has 0 bridgehead atoms. The summed E-state index contributed by atoms with van der Waals surface area (Å²) in [6, 6.07) is 25.3. The van der Waals surface area contributed by atoms with Gasteiger partial charge in [0, 0.05) is 22.2 Å². The highest BCUT2D eigenvalue weighted by Crippen LogP contribution is 2.19. The van der Waals surface area contributed by atoms with Crippen LogP contribution in [-0.2, 0) is 0 Å². The molecule has 0 unspecified atom stereocenters. The Labute approximate surface area is 263 Å². The van der Waals surface area contributed by atoms with Crippen LogP contribution in [0.5, 0.6) is 0 Å². The van der Waals surface area contributed by atoms with E-state index in [9.17, 15) is 9.59 Å². The van der Waals surface area contributed by atoms with Crippen LogP contribution in [0.15, 0.2) is 94.9 Å². The molecule has 0 saturated heterocycles. The summed E-state index contributed by atoms with van der Waals surface area (Å²) in [5, 5.41) is 16.9. The van der Waals surface area contributed by atoms with E-state index >= 15 is 0 Å². The van der Waals surface area contributed by atoms with Gasteiger partial charge in [0.25, 0.3) is 11.8 Å². The first kappa shape index (κ1) is 30.8. The summed E-state index contributed by atoms with van der Waals surface area (Å²) in [4.78, 5) is 37.6. The van der Waals surface area contributed by atoms with E-state index in [0.29, 0.717) is 42.4 Å². The normalized spacial score (nSPS) is 12.8. The lowest BCUT2D eigenvalue weighted by Gasteiger charge is -2.19. The second-order valence-electron chi connectivity index (χ2n) is 12.0. The number of carbonyl (C=O) groups is 2. The molecule has 2 heterocycles. The van der Waals surface area contributed by atoms with Gasteiger partial charge in [0.1, 0.15) is 0 Å². The third kappa shape index (κ3) is 7.82. The molecule has 0 radical (unpaired) electrons. The number of carbonyl (C=O) groups excluding carboxylic acids is 2. The van der Waals surface area contributed by atoms with Crippen molar-refractivity contribution in [3.8, 4) is 0 Å². The minimum atomic E-state index is -0.366. The molecule has 0 fully saturated rings. The van der Waals surface area contributed by atoms with Crippen LogP contribution in [0, 0.1) is 0 Å². The van der Waals surface area contributed by atoms with Crippen molar-refractivity contribution in [3.05, 3.63) is 106 Å². The summed E-state index contributed by atoms with van der Waals surface area (Å²) in [5.41, 5.74) is 1.61. The summed E-state index contributed by atoms with van der Waals surface area (Å²) in [6.07, 6.45) is 0. The predicted molar refractivity (Wildman–Crippen MR) is 176 cm³/mol. The molecule has 0 saturated carbocycles. The Hall–Kier alpha value is -4.68. The number of aromatic nitrogens is 4. The number of anilines is 2. The third-order valence-electron chi connectivity index (χ3n) is 5.81. The van der Waals surface area contributed by atoms with Crippen LogP contribution in [0.4, 0.5) is 21.6 Å². The van der Waals surface area contributed by atoms with Crippen molar-refractivity contribution in [2.75, 3.05) is 10.6 Å². The number of nitrogens with zero attached hydrogens (tertiary/aromatic N) is 6. The zero-order valence-corrected chi connectivity index (χ0v) is 27.0. The Bertz CT molecular complexity index is 1760. The van der Waals surface area contributed by atoms with Crippen LogP contribution < -0.4 is 20.2 Å². The van der Waals surface area contributed by atoms with Gasteiger partial charge in [-0.25, -0.2) is 9.98 Å². The monoisotopic (exact) mass is 626 g/mol. The van der Waals surface area contributed by atoms with E-state index in [4.69, 9.17) is 0 Å². The predicted octanol–water partition coefficient (Wildman–Crippen LogP) is 6.47. The van der Waals surface area contributed by atoms with Gasteiger partial charge in [0.2, 0.25) is 19.9 Å². The second kappa shape index (κ2) is 12.5. The van der Waals surface area contributed by atoms with Crippen molar-refractivity contribution in [2.24, 2.45) is 9.98 Å². The van der Waals surface area contributed by atoms with Crippen LogP contribution in [-0.4, -0.2) is 42.5 Å². The van der Waals surface area contributed by atoms with E-state index in [1.165, 1.54) is 32.0 Å². The molecule has 0 atom stereocenters. The van der Waals surface area contributed by atoms with E-state index in [0.717, 1.165) is 0 Å². The number of rotatable bonds is 6. The Balaban J connectivity index is 1.48. The van der Waals surface area contributed by atoms with Gasteiger partial charge in [-0.3, -0.25) is 9.59 Å². The van der Waals surface area contributed by atoms with E-state index in [1.807, 2.05) is 102 Å². The summed E-state index contributed by atoms with van der Waals surface area (Å²) in [6.45, 7) is 12.1. The zero-order chi connectivity index (χ0) is 31.5. The maximum Gasteiger partial charge on any atom is 0.280 e. The van der Waals surface area contributed by atoms with Gasteiger partial charge in [0.05, 0.1) is 11.4 Å². The molecule has 226 valence electrons. The number of hydrogen-bond acceptors (Lipinski definition) is 10. The lowest BCUT2D eigenvalue weighted by Crippen LogP contribution is -2.28. The molecule has 44 heavy (non-hydrogen) atoms. The maximum absolute atomic E-state index is 13.7. The molecular formula is C32H34N8O2S2. The molecule has 0 spiro atoms. The third-order valence-corrected chi connectivity index (χ3v) is 7.46. The van der Waals surface area contributed by atoms with Gasteiger partial charge < -0.3 is 10.6 Å². The van der Waals surface area contributed by atoms with Crippen LogP contribution in [0.2, 0.25) is 0 Å². The van der Waals surface area contributed by atoms with Crippen molar-refractivity contribution < 1.29 is 9.59 Å². The van der Waals surface area contributed by atoms with Crippen LogP contribution >= 0.6 is 22.7 Å². The molecular weight excluding hydrogens is 593 g/mol. The lowest BCUT2D eigenvalue weighted by atomic mass is 10.1. The number of para-hydroxylation sites is 2. The van der Waals surface area contributed by atoms with Crippen LogP contribution in [0.1, 0.15) is 62.3 Å². The summed E-state index contributed by atoms with van der Waals surface area (Å²) in [5.74, 6) is -0.732. The zero-order valence-electron chi connectivity index (χ0n) is 25.4. The molecule has 5 aromatic rings. The molecule has 0 amide bonds. The van der Waals surface area contributed by atoms with Crippen LogP contribution in [0.25, 0.3) is 0 Å². The van der Waals surface area contributed by atoms with Crippen molar-refractivity contribution in [1.29, 1.82) is 0 Å². The van der Waals surface area contributed by atoms with Crippen molar-refractivity contribution in [1.82, 2.24) is 19.6 Å². The van der Waals surface area contributed by atoms with E-state index < -0.39 is 0 Å². The second-order valence-corrected chi connectivity index (χ2v) is 13.9. The molecule has 0 aliphatic carbocycles. The first-order chi connectivity index (χ1) is 20.8. The summed E-state index contributed by atoms with van der Waals surface area (Å²) < 4.78 is 2.58. The van der Waals surface area contributed by atoms with E-state index in [-0.39, 0.29) is 22.9 Å². The molecule has 0 aliphatic rings. The average molecular weight is 627 g/mol. The maximum atomic E-state index is 13.7. The smallest absolute Gasteiger partial charge is 0.280 e. The lowest BCUT2D eigenvalue weighted by molar-refractivity contribution is 0.0929. The van der Waals surface area contributed by atoms with Gasteiger partial charge in [-0.1, -0.05) is 59.1 Å². The van der Waals surface area contributed by atoms with Crippen molar-refractivity contribution >= 4 is 56.1 Å². The standard InChI is InChI=1S/C32H34N8O2S2/c1-31(2,3)35-27-37-39(29(43-27)33-23-13-9-7-10-14-23)25(41)21-17-19-22(20-18-21)26(42)40-30(34-24-15-11-8-12-16-24)44-28(38-40)36-32(4,5)6/h7-20H,1-6H3,(H,35,37)(H,36,38). The largest absolute Gasteiger partial charge is 0.355 e. The number of hydrogen-bond donors (Lipinski definition) is 2.